The molecule has 1 aliphatic heterocycles. The van der Waals surface area contributed by atoms with Gasteiger partial charge in [-0.2, -0.15) is 0 Å². The van der Waals surface area contributed by atoms with Crippen molar-refractivity contribution >= 4 is 37.8 Å². The van der Waals surface area contributed by atoms with Gasteiger partial charge in [0.15, 0.2) is 0 Å². The number of hydrogen-bond acceptors (Lipinski definition) is 1. The summed E-state index contributed by atoms with van der Waals surface area (Å²) < 4.78 is 1.05. The van der Waals surface area contributed by atoms with E-state index in [4.69, 9.17) is 0 Å². The van der Waals surface area contributed by atoms with E-state index in [0.717, 1.165) is 39.7 Å². The smallest absolute Gasteiger partial charge is 0.251 e. The Morgan fingerprint density at radius 2 is 1.90 bits per heavy atom. The summed E-state index contributed by atoms with van der Waals surface area (Å²) in [5.74, 6) is 0.0297. The molecule has 0 saturated carbocycles. The topological polar surface area (TPSA) is 29.1 Å². The molecule has 0 fully saturated rings. The van der Waals surface area contributed by atoms with Crippen molar-refractivity contribution in [3.05, 3.63) is 69.2 Å². The minimum absolute atomic E-state index is 0.0297. The van der Waals surface area contributed by atoms with E-state index in [-0.39, 0.29) is 10.7 Å². The molecular weight excluding hydrogens is 382 g/mol. The van der Waals surface area contributed by atoms with E-state index >= 15 is 0 Å². The molecular formula is C16H13Br2NO. The van der Waals surface area contributed by atoms with Crippen molar-refractivity contribution < 1.29 is 4.79 Å². The van der Waals surface area contributed by atoms with Crippen LogP contribution in [0.2, 0.25) is 0 Å². The first-order valence-corrected chi connectivity index (χ1v) is 8.16. The van der Waals surface area contributed by atoms with E-state index in [1.165, 1.54) is 0 Å². The van der Waals surface area contributed by atoms with Gasteiger partial charge in [-0.05, 0) is 41.3 Å². The highest BCUT2D eigenvalue weighted by Crippen LogP contribution is 2.33. The lowest BCUT2D eigenvalue weighted by Gasteiger charge is -2.19. The van der Waals surface area contributed by atoms with Gasteiger partial charge in [-0.15, -0.1) is 0 Å². The molecule has 0 spiro atoms. The molecule has 0 saturated heterocycles. The maximum Gasteiger partial charge on any atom is 0.251 e. The Hall–Kier alpha value is -1.13. The van der Waals surface area contributed by atoms with Gasteiger partial charge in [0.2, 0.25) is 0 Å². The summed E-state index contributed by atoms with van der Waals surface area (Å²) in [7, 11) is 0. The Morgan fingerprint density at radius 3 is 2.70 bits per heavy atom. The third kappa shape index (κ3) is 2.67. The average molecular weight is 395 g/mol. The number of nitrogens with one attached hydrogen (secondary N) is 1. The predicted octanol–water partition coefficient (Wildman–Crippen LogP) is 4.22. The van der Waals surface area contributed by atoms with E-state index in [1.807, 2.05) is 18.2 Å². The minimum Gasteiger partial charge on any atom is -0.352 e. The molecule has 4 heteroatoms. The maximum absolute atomic E-state index is 11.9. The first kappa shape index (κ1) is 13.8. The summed E-state index contributed by atoms with van der Waals surface area (Å²) in [4.78, 5) is 12.0. The molecule has 1 unspecified atom stereocenters. The molecule has 2 aromatic carbocycles. The lowest BCUT2D eigenvalue weighted by Crippen LogP contribution is -2.31. The van der Waals surface area contributed by atoms with Gasteiger partial charge in [-0.1, -0.05) is 56.1 Å². The number of carbonyl (C=O) groups is 1. The summed E-state index contributed by atoms with van der Waals surface area (Å²) in [6, 6.07) is 14.3. The molecule has 0 bridgehead atoms. The number of carbonyl (C=O) groups excluding carboxylic acids is 1. The largest absolute Gasteiger partial charge is 0.352 e. The molecule has 3 rings (SSSR count). The lowest BCUT2D eigenvalue weighted by molar-refractivity contribution is 0.0946. The third-order valence-electron chi connectivity index (χ3n) is 3.49. The van der Waals surface area contributed by atoms with Crippen LogP contribution >= 0.6 is 31.9 Å². The second-order valence-electron chi connectivity index (χ2n) is 4.84. The van der Waals surface area contributed by atoms with Gasteiger partial charge in [0, 0.05) is 16.6 Å². The number of benzene rings is 2. The van der Waals surface area contributed by atoms with Crippen molar-refractivity contribution in [3.8, 4) is 0 Å². The molecule has 20 heavy (non-hydrogen) atoms. The van der Waals surface area contributed by atoms with Crippen molar-refractivity contribution in [2.75, 3.05) is 6.54 Å². The number of halogens is 2. The van der Waals surface area contributed by atoms with Crippen LogP contribution in [0.3, 0.4) is 0 Å². The van der Waals surface area contributed by atoms with Crippen LogP contribution in [0.5, 0.6) is 0 Å². The van der Waals surface area contributed by atoms with E-state index < -0.39 is 0 Å². The van der Waals surface area contributed by atoms with E-state index in [1.54, 1.807) is 0 Å². The van der Waals surface area contributed by atoms with Gasteiger partial charge >= 0.3 is 0 Å². The number of fused-ring (bicyclic) bond motifs is 1. The standard InChI is InChI=1S/C16H13Br2NO/c17-13-3-1-2-11(8-13)15(18)12-5-4-10-6-7-19-16(20)14(10)9-12/h1-5,8-9,15H,6-7H2,(H,19,20). The number of amides is 1. The normalized spacial score (nSPS) is 15.4. The summed E-state index contributed by atoms with van der Waals surface area (Å²) >= 11 is 7.21. The fraction of sp³-hybridized carbons (Fsp3) is 0.188. The van der Waals surface area contributed by atoms with Crippen LogP contribution in [0.15, 0.2) is 46.9 Å². The molecule has 1 amide bonds. The van der Waals surface area contributed by atoms with E-state index in [9.17, 15) is 4.79 Å². The Bertz CT molecular complexity index is 669. The van der Waals surface area contributed by atoms with Crippen molar-refractivity contribution in [2.24, 2.45) is 0 Å². The van der Waals surface area contributed by atoms with Gasteiger partial charge in [0.1, 0.15) is 0 Å². The molecule has 1 aliphatic rings. The predicted molar refractivity (Wildman–Crippen MR) is 87.4 cm³/mol. The molecule has 0 radical (unpaired) electrons. The fourth-order valence-corrected chi connectivity index (χ4v) is 3.43. The molecule has 0 aromatic heterocycles. The Kier molecular flexibility index (Phi) is 3.94. The summed E-state index contributed by atoms with van der Waals surface area (Å²) in [5.41, 5.74) is 4.19. The van der Waals surface area contributed by atoms with Crippen LogP contribution in [0.1, 0.15) is 31.9 Å². The second kappa shape index (κ2) is 5.70. The van der Waals surface area contributed by atoms with Crippen LogP contribution in [-0.4, -0.2) is 12.5 Å². The zero-order chi connectivity index (χ0) is 14.1. The molecule has 1 heterocycles. The average Bonchev–Trinajstić information content (AvgIpc) is 2.47. The van der Waals surface area contributed by atoms with Crippen LogP contribution in [0, 0.1) is 0 Å². The highest BCUT2D eigenvalue weighted by atomic mass is 79.9. The Balaban J connectivity index is 1.98. The van der Waals surface area contributed by atoms with Gasteiger partial charge < -0.3 is 5.32 Å². The van der Waals surface area contributed by atoms with Crippen molar-refractivity contribution in [1.82, 2.24) is 5.32 Å². The SMILES string of the molecule is O=C1NCCc2ccc(C(Br)c3cccc(Br)c3)cc21. The van der Waals surface area contributed by atoms with Crippen LogP contribution < -0.4 is 5.32 Å². The van der Waals surface area contributed by atoms with E-state index in [2.05, 4.69) is 61.4 Å². The Morgan fingerprint density at radius 1 is 1.10 bits per heavy atom. The van der Waals surface area contributed by atoms with Gasteiger partial charge in [-0.3, -0.25) is 4.79 Å². The molecule has 1 atom stereocenters. The highest BCUT2D eigenvalue weighted by Gasteiger charge is 2.19. The molecule has 2 aromatic rings. The quantitative estimate of drug-likeness (QED) is 0.759. The van der Waals surface area contributed by atoms with Crippen LogP contribution in [0.25, 0.3) is 0 Å². The Labute approximate surface area is 134 Å². The summed E-state index contributed by atoms with van der Waals surface area (Å²) in [6.45, 7) is 0.731. The first-order chi connectivity index (χ1) is 9.65. The summed E-state index contributed by atoms with van der Waals surface area (Å²) in [6.07, 6.45) is 0.908. The van der Waals surface area contributed by atoms with E-state index in [0.29, 0.717) is 0 Å². The third-order valence-corrected chi connectivity index (χ3v) is 5.04. The van der Waals surface area contributed by atoms with Crippen molar-refractivity contribution in [2.45, 2.75) is 11.2 Å². The zero-order valence-corrected chi connectivity index (χ0v) is 13.9. The number of hydrogen-bond donors (Lipinski definition) is 1. The van der Waals surface area contributed by atoms with Crippen LogP contribution in [0.4, 0.5) is 0 Å². The van der Waals surface area contributed by atoms with Crippen molar-refractivity contribution in [3.63, 3.8) is 0 Å². The fourth-order valence-electron chi connectivity index (χ4n) is 2.44. The number of alkyl halides is 1. The highest BCUT2D eigenvalue weighted by molar-refractivity contribution is 9.10. The number of rotatable bonds is 2. The first-order valence-electron chi connectivity index (χ1n) is 6.46. The lowest BCUT2D eigenvalue weighted by atomic mass is 9.95. The van der Waals surface area contributed by atoms with Gasteiger partial charge in [0.05, 0.1) is 4.83 Å². The van der Waals surface area contributed by atoms with Crippen LogP contribution in [-0.2, 0) is 6.42 Å². The second-order valence-corrected chi connectivity index (χ2v) is 6.67. The van der Waals surface area contributed by atoms with Crippen molar-refractivity contribution in [1.29, 1.82) is 0 Å². The molecule has 1 N–H and O–H groups in total. The summed E-state index contributed by atoms with van der Waals surface area (Å²) in [5, 5.41) is 2.89. The maximum atomic E-state index is 11.9. The molecule has 102 valence electrons. The van der Waals surface area contributed by atoms with Gasteiger partial charge in [0.25, 0.3) is 5.91 Å². The van der Waals surface area contributed by atoms with Gasteiger partial charge in [-0.25, -0.2) is 0 Å². The monoisotopic (exact) mass is 393 g/mol. The minimum atomic E-state index is 0.0297. The molecule has 0 aliphatic carbocycles. The molecule has 2 nitrogen and oxygen atoms in total. The zero-order valence-electron chi connectivity index (χ0n) is 10.7.